The fourth-order valence-corrected chi connectivity index (χ4v) is 4.01. The van der Waals surface area contributed by atoms with Gasteiger partial charge >= 0.3 is 5.97 Å². The smallest absolute Gasteiger partial charge is 0.335 e. The quantitative estimate of drug-likeness (QED) is 0.639. The van der Waals surface area contributed by atoms with Crippen LogP contribution in [0.25, 0.3) is 0 Å². The summed E-state index contributed by atoms with van der Waals surface area (Å²) in [7, 11) is -3.48. The van der Waals surface area contributed by atoms with Gasteiger partial charge in [0.2, 0.25) is 10.0 Å². The lowest BCUT2D eigenvalue weighted by atomic mass is 10.1. The minimum absolute atomic E-state index is 0.0970. The van der Waals surface area contributed by atoms with Crippen LogP contribution in [0.15, 0.2) is 48.5 Å². The van der Waals surface area contributed by atoms with Gasteiger partial charge in [0.25, 0.3) is 5.91 Å². The number of carboxylic acids is 1. The van der Waals surface area contributed by atoms with Gasteiger partial charge in [0.15, 0.2) is 0 Å². The maximum absolute atomic E-state index is 12.3. The van der Waals surface area contributed by atoms with Gasteiger partial charge in [-0.25, -0.2) is 17.9 Å². The Kier molecular flexibility index (Phi) is 6.70. The van der Waals surface area contributed by atoms with E-state index in [9.17, 15) is 18.0 Å². The molecule has 2 rings (SSSR count). The Balaban J connectivity index is 2.07. The molecule has 2 aromatic rings. The zero-order valence-corrected chi connectivity index (χ0v) is 15.9. The molecule has 7 nitrogen and oxygen atoms in total. The number of sulfonamides is 1. The first-order chi connectivity index (χ1) is 12.7. The number of aromatic carboxylic acids is 1. The van der Waals surface area contributed by atoms with Crippen molar-refractivity contribution in [3.63, 3.8) is 0 Å². The van der Waals surface area contributed by atoms with E-state index in [4.69, 9.17) is 5.11 Å². The molecule has 0 aromatic heterocycles. The maximum Gasteiger partial charge on any atom is 0.335 e. The Labute approximate surface area is 158 Å². The molecule has 0 aliphatic heterocycles. The molecular weight excluding hydrogens is 368 g/mol. The van der Waals surface area contributed by atoms with Crippen LogP contribution in [0.1, 0.15) is 45.7 Å². The molecule has 0 aliphatic rings. The molecule has 3 N–H and O–H groups in total. The van der Waals surface area contributed by atoms with E-state index in [0.29, 0.717) is 16.7 Å². The van der Waals surface area contributed by atoms with Crippen LogP contribution >= 0.6 is 0 Å². The highest BCUT2D eigenvalue weighted by Crippen LogP contribution is 2.13. The number of amides is 1. The van der Waals surface area contributed by atoms with Crippen molar-refractivity contribution in [1.29, 1.82) is 0 Å². The van der Waals surface area contributed by atoms with Crippen LogP contribution in [0.2, 0.25) is 0 Å². The fourth-order valence-electron chi connectivity index (χ4n) is 2.52. The summed E-state index contributed by atoms with van der Waals surface area (Å²) < 4.78 is 26.9. The molecular formula is C19H22N2O5S. The SMILES string of the molecule is CC(C)NS(=O)(=O)Cc1ccccc1CNC(=O)c1ccc(C(=O)O)cc1. The van der Waals surface area contributed by atoms with E-state index in [0.717, 1.165) is 0 Å². The van der Waals surface area contributed by atoms with Crippen molar-refractivity contribution in [2.75, 3.05) is 0 Å². The second-order valence-corrected chi connectivity index (χ2v) is 8.12. The van der Waals surface area contributed by atoms with Crippen LogP contribution in [-0.2, 0) is 22.3 Å². The van der Waals surface area contributed by atoms with Crippen molar-refractivity contribution >= 4 is 21.9 Å². The first-order valence-corrected chi connectivity index (χ1v) is 10.0. The van der Waals surface area contributed by atoms with Crippen molar-refractivity contribution in [1.82, 2.24) is 10.0 Å². The van der Waals surface area contributed by atoms with Crippen molar-refractivity contribution in [3.05, 3.63) is 70.8 Å². The number of nitrogens with one attached hydrogen (secondary N) is 2. The number of carbonyl (C=O) groups is 2. The summed E-state index contributed by atoms with van der Waals surface area (Å²) >= 11 is 0. The molecule has 0 fully saturated rings. The van der Waals surface area contributed by atoms with Crippen molar-refractivity contribution < 1.29 is 23.1 Å². The Morgan fingerprint density at radius 2 is 1.52 bits per heavy atom. The topological polar surface area (TPSA) is 113 Å². The fraction of sp³-hybridized carbons (Fsp3) is 0.263. The summed E-state index contributed by atoms with van der Waals surface area (Å²) in [6, 6.07) is 12.4. The van der Waals surface area contributed by atoms with Crippen LogP contribution in [0.4, 0.5) is 0 Å². The zero-order chi connectivity index (χ0) is 20.0. The lowest BCUT2D eigenvalue weighted by Gasteiger charge is -2.13. The van der Waals surface area contributed by atoms with Gasteiger partial charge in [0.05, 0.1) is 11.3 Å². The van der Waals surface area contributed by atoms with Crippen molar-refractivity contribution in [2.45, 2.75) is 32.2 Å². The minimum atomic E-state index is -3.48. The van der Waals surface area contributed by atoms with Gasteiger partial charge < -0.3 is 10.4 Å². The standard InChI is InChI=1S/C19H22N2O5S/c1-13(2)21-27(25,26)12-17-6-4-3-5-16(17)11-20-18(22)14-7-9-15(10-8-14)19(23)24/h3-10,13,21H,11-12H2,1-2H3,(H,20,22)(H,23,24). The number of carbonyl (C=O) groups excluding carboxylic acids is 1. The molecule has 0 saturated heterocycles. The van der Waals surface area contributed by atoms with Gasteiger partial charge in [-0.1, -0.05) is 24.3 Å². The molecule has 0 saturated carbocycles. The van der Waals surface area contributed by atoms with Gasteiger partial charge in [0, 0.05) is 18.2 Å². The minimum Gasteiger partial charge on any atom is -0.478 e. The molecule has 0 bridgehead atoms. The Morgan fingerprint density at radius 1 is 0.963 bits per heavy atom. The normalized spacial score (nSPS) is 11.4. The highest BCUT2D eigenvalue weighted by Gasteiger charge is 2.16. The molecule has 144 valence electrons. The van der Waals surface area contributed by atoms with Gasteiger partial charge in [-0.2, -0.15) is 0 Å². The number of hydrogen-bond donors (Lipinski definition) is 3. The monoisotopic (exact) mass is 390 g/mol. The van der Waals surface area contributed by atoms with E-state index in [1.54, 1.807) is 38.1 Å². The second kappa shape index (κ2) is 8.79. The summed E-state index contributed by atoms with van der Waals surface area (Å²) in [5, 5.41) is 11.6. The van der Waals surface area contributed by atoms with Crippen molar-refractivity contribution in [2.24, 2.45) is 0 Å². The molecule has 0 heterocycles. The summed E-state index contributed by atoms with van der Waals surface area (Å²) in [6.45, 7) is 3.66. The third-order valence-corrected chi connectivity index (χ3v) is 5.23. The predicted octanol–water partition coefficient (Wildman–Crippen LogP) is 2.14. The van der Waals surface area contributed by atoms with E-state index in [1.165, 1.54) is 24.3 Å². The average Bonchev–Trinajstić information content (AvgIpc) is 2.59. The van der Waals surface area contributed by atoms with E-state index in [2.05, 4.69) is 10.0 Å². The third kappa shape index (κ3) is 6.19. The van der Waals surface area contributed by atoms with Crippen LogP contribution in [-0.4, -0.2) is 31.4 Å². The molecule has 0 aliphatic carbocycles. The molecule has 0 atom stereocenters. The number of rotatable bonds is 8. The van der Waals surface area contributed by atoms with E-state index >= 15 is 0 Å². The van der Waals surface area contributed by atoms with E-state index in [-0.39, 0.29) is 29.8 Å². The molecule has 0 radical (unpaired) electrons. The van der Waals surface area contributed by atoms with Crippen LogP contribution < -0.4 is 10.0 Å². The number of carboxylic acid groups (broad SMARTS) is 1. The van der Waals surface area contributed by atoms with Gasteiger partial charge in [-0.05, 0) is 49.2 Å². The number of hydrogen-bond acceptors (Lipinski definition) is 4. The maximum atomic E-state index is 12.3. The molecule has 0 unspecified atom stereocenters. The lowest BCUT2D eigenvalue weighted by molar-refractivity contribution is 0.0696. The van der Waals surface area contributed by atoms with E-state index < -0.39 is 16.0 Å². The number of benzene rings is 2. The highest BCUT2D eigenvalue weighted by molar-refractivity contribution is 7.88. The largest absolute Gasteiger partial charge is 0.478 e. The van der Waals surface area contributed by atoms with Gasteiger partial charge in [-0.3, -0.25) is 4.79 Å². The first kappa shape index (κ1) is 20.6. The Bertz CT molecular complexity index is 921. The van der Waals surface area contributed by atoms with Crippen LogP contribution in [0, 0.1) is 0 Å². The molecule has 27 heavy (non-hydrogen) atoms. The summed E-state index contributed by atoms with van der Waals surface area (Å²) in [5.74, 6) is -1.61. The Hall–Kier alpha value is -2.71. The van der Waals surface area contributed by atoms with Crippen LogP contribution in [0.5, 0.6) is 0 Å². The predicted molar refractivity (Wildman–Crippen MR) is 102 cm³/mol. The van der Waals surface area contributed by atoms with Crippen LogP contribution in [0.3, 0.4) is 0 Å². The zero-order valence-electron chi connectivity index (χ0n) is 15.1. The highest BCUT2D eigenvalue weighted by atomic mass is 32.2. The molecule has 0 spiro atoms. The Morgan fingerprint density at radius 3 is 2.07 bits per heavy atom. The average molecular weight is 390 g/mol. The third-order valence-electron chi connectivity index (χ3n) is 3.71. The van der Waals surface area contributed by atoms with E-state index in [1.807, 2.05) is 0 Å². The second-order valence-electron chi connectivity index (χ2n) is 6.37. The summed E-state index contributed by atoms with van der Waals surface area (Å²) in [6.07, 6.45) is 0. The summed E-state index contributed by atoms with van der Waals surface area (Å²) in [5.41, 5.74) is 1.72. The van der Waals surface area contributed by atoms with Gasteiger partial charge in [-0.15, -0.1) is 0 Å². The summed E-state index contributed by atoms with van der Waals surface area (Å²) in [4.78, 5) is 23.1. The molecule has 8 heteroatoms. The van der Waals surface area contributed by atoms with Gasteiger partial charge in [0.1, 0.15) is 0 Å². The lowest BCUT2D eigenvalue weighted by Crippen LogP contribution is -2.32. The first-order valence-electron chi connectivity index (χ1n) is 8.36. The molecule has 2 aromatic carbocycles. The molecule has 1 amide bonds. The van der Waals surface area contributed by atoms with Crippen molar-refractivity contribution in [3.8, 4) is 0 Å².